The van der Waals surface area contributed by atoms with Gasteiger partial charge in [0.05, 0.1) is 0 Å². The molecule has 0 aliphatic rings. The van der Waals surface area contributed by atoms with Crippen LogP contribution in [-0.4, -0.2) is 9.97 Å². The van der Waals surface area contributed by atoms with Crippen LogP contribution in [-0.2, 0) is 6.54 Å². The molecule has 0 saturated carbocycles. The molecule has 0 aliphatic carbocycles. The van der Waals surface area contributed by atoms with Crippen LogP contribution in [0, 0.1) is 20.8 Å². The van der Waals surface area contributed by atoms with E-state index in [4.69, 9.17) is 0 Å². The van der Waals surface area contributed by atoms with E-state index in [9.17, 15) is 0 Å². The first-order valence-electron chi connectivity index (χ1n) is 7.81. The van der Waals surface area contributed by atoms with Gasteiger partial charge in [-0.15, -0.1) is 0 Å². The van der Waals surface area contributed by atoms with Crippen molar-refractivity contribution in [2.75, 3.05) is 5.32 Å². The summed E-state index contributed by atoms with van der Waals surface area (Å²) in [7, 11) is 0. The Labute approximate surface area is 137 Å². The van der Waals surface area contributed by atoms with Crippen LogP contribution in [0.2, 0.25) is 0 Å². The molecule has 3 nitrogen and oxygen atoms in total. The molecule has 0 amide bonds. The zero-order chi connectivity index (χ0) is 16.2. The number of aryl methyl sites for hydroxylation is 2. The molecule has 0 spiro atoms. The van der Waals surface area contributed by atoms with Crippen LogP contribution >= 0.6 is 0 Å². The summed E-state index contributed by atoms with van der Waals surface area (Å²) in [4.78, 5) is 8.66. The highest BCUT2D eigenvalue weighted by atomic mass is 15.0. The van der Waals surface area contributed by atoms with Crippen molar-refractivity contribution < 1.29 is 0 Å². The molecule has 0 radical (unpaired) electrons. The molecule has 3 aromatic rings. The van der Waals surface area contributed by atoms with Crippen molar-refractivity contribution in [3.63, 3.8) is 0 Å². The second-order valence-electron chi connectivity index (χ2n) is 5.84. The Hall–Kier alpha value is -2.68. The Balaban J connectivity index is 1.72. The number of rotatable bonds is 4. The summed E-state index contributed by atoms with van der Waals surface area (Å²) in [6.07, 6.45) is 3.70. The highest BCUT2D eigenvalue weighted by molar-refractivity contribution is 5.63. The first-order chi connectivity index (χ1) is 11.1. The maximum Gasteiger partial charge on any atom is 0.129 e. The van der Waals surface area contributed by atoms with E-state index in [1.54, 1.807) is 0 Å². The first kappa shape index (κ1) is 15.2. The van der Waals surface area contributed by atoms with Gasteiger partial charge in [-0.2, -0.15) is 0 Å². The number of aromatic nitrogens is 2. The Morgan fingerprint density at radius 3 is 2.30 bits per heavy atom. The summed E-state index contributed by atoms with van der Waals surface area (Å²) in [6, 6.07) is 14.8. The van der Waals surface area contributed by atoms with Crippen molar-refractivity contribution in [2.24, 2.45) is 0 Å². The van der Waals surface area contributed by atoms with Gasteiger partial charge in [-0.3, -0.25) is 4.98 Å². The van der Waals surface area contributed by atoms with Crippen LogP contribution in [0.5, 0.6) is 0 Å². The van der Waals surface area contributed by atoms with E-state index in [1.165, 1.54) is 27.8 Å². The van der Waals surface area contributed by atoms with Gasteiger partial charge in [0.1, 0.15) is 5.82 Å². The lowest BCUT2D eigenvalue weighted by atomic mass is 10.0. The second kappa shape index (κ2) is 6.61. The minimum Gasteiger partial charge on any atom is -0.366 e. The predicted octanol–water partition coefficient (Wildman–Crippen LogP) is 4.68. The van der Waals surface area contributed by atoms with E-state index >= 15 is 0 Å². The molecule has 1 N–H and O–H groups in total. The number of pyridine rings is 2. The average molecular weight is 303 g/mol. The molecule has 1 aromatic carbocycles. The maximum atomic E-state index is 4.41. The monoisotopic (exact) mass is 303 g/mol. The number of hydrogen-bond acceptors (Lipinski definition) is 3. The largest absolute Gasteiger partial charge is 0.366 e. The molecule has 0 atom stereocenters. The summed E-state index contributed by atoms with van der Waals surface area (Å²) in [5, 5.41) is 3.42. The van der Waals surface area contributed by atoms with Crippen molar-refractivity contribution >= 4 is 5.82 Å². The molecule has 3 rings (SSSR count). The van der Waals surface area contributed by atoms with E-state index in [2.05, 4.69) is 59.5 Å². The number of anilines is 1. The Morgan fingerprint density at radius 1 is 0.826 bits per heavy atom. The quantitative estimate of drug-likeness (QED) is 0.760. The standard InChI is InChI=1S/C20H21N3/c1-14-8-10-22-20(16(14)3)23-13-17-4-6-18(7-5-17)19-9-11-21-15(2)12-19/h4-12H,13H2,1-3H3,(H,22,23). The smallest absolute Gasteiger partial charge is 0.129 e. The van der Waals surface area contributed by atoms with Crippen LogP contribution in [0.25, 0.3) is 11.1 Å². The molecule has 2 heterocycles. The fourth-order valence-corrected chi connectivity index (χ4v) is 2.54. The van der Waals surface area contributed by atoms with E-state index in [1.807, 2.05) is 31.5 Å². The molecular formula is C20H21N3. The lowest BCUT2D eigenvalue weighted by Crippen LogP contribution is -2.03. The molecule has 0 saturated heterocycles. The van der Waals surface area contributed by atoms with E-state index < -0.39 is 0 Å². The van der Waals surface area contributed by atoms with Gasteiger partial charge in [-0.1, -0.05) is 24.3 Å². The number of nitrogens with one attached hydrogen (secondary N) is 1. The summed E-state index contributed by atoms with van der Waals surface area (Å²) >= 11 is 0. The molecule has 116 valence electrons. The van der Waals surface area contributed by atoms with Gasteiger partial charge >= 0.3 is 0 Å². The molecule has 3 heteroatoms. The highest BCUT2D eigenvalue weighted by Gasteiger charge is 2.03. The van der Waals surface area contributed by atoms with Gasteiger partial charge in [-0.05, 0) is 66.8 Å². The third-order valence-electron chi connectivity index (χ3n) is 4.12. The van der Waals surface area contributed by atoms with Crippen molar-refractivity contribution in [1.82, 2.24) is 9.97 Å². The van der Waals surface area contributed by atoms with E-state index in [-0.39, 0.29) is 0 Å². The maximum absolute atomic E-state index is 4.41. The second-order valence-corrected chi connectivity index (χ2v) is 5.84. The molecule has 0 fully saturated rings. The Kier molecular flexibility index (Phi) is 4.38. The van der Waals surface area contributed by atoms with Crippen molar-refractivity contribution in [2.45, 2.75) is 27.3 Å². The van der Waals surface area contributed by atoms with Gasteiger partial charge < -0.3 is 5.32 Å². The highest BCUT2D eigenvalue weighted by Crippen LogP contribution is 2.21. The number of benzene rings is 1. The van der Waals surface area contributed by atoms with Crippen molar-refractivity contribution in [1.29, 1.82) is 0 Å². The third-order valence-corrected chi connectivity index (χ3v) is 4.12. The van der Waals surface area contributed by atoms with Gasteiger partial charge in [-0.25, -0.2) is 4.98 Å². The van der Waals surface area contributed by atoms with Gasteiger partial charge in [0.25, 0.3) is 0 Å². The Bertz CT molecular complexity index is 807. The lowest BCUT2D eigenvalue weighted by molar-refractivity contribution is 1.09. The van der Waals surface area contributed by atoms with Crippen LogP contribution in [0.3, 0.4) is 0 Å². The molecule has 23 heavy (non-hydrogen) atoms. The minimum absolute atomic E-state index is 0.771. The fourth-order valence-electron chi connectivity index (χ4n) is 2.54. The SMILES string of the molecule is Cc1cc(-c2ccc(CNc3nccc(C)c3C)cc2)ccn1. The fraction of sp³-hybridized carbons (Fsp3) is 0.200. The van der Waals surface area contributed by atoms with E-state index in [0.29, 0.717) is 0 Å². The topological polar surface area (TPSA) is 37.8 Å². The zero-order valence-corrected chi connectivity index (χ0v) is 13.8. The zero-order valence-electron chi connectivity index (χ0n) is 13.8. The normalized spacial score (nSPS) is 10.6. The summed E-state index contributed by atoms with van der Waals surface area (Å²) in [6.45, 7) is 6.99. The van der Waals surface area contributed by atoms with Crippen molar-refractivity contribution in [3.8, 4) is 11.1 Å². The summed E-state index contributed by atoms with van der Waals surface area (Å²) in [5.74, 6) is 0.957. The minimum atomic E-state index is 0.771. The van der Waals surface area contributed by atoms with Crippen LogP contribution in [0.4, 0.5) is 5.82 Å². The van der Waals surface area contributed by atoms with Crippen LogP contribution in [0.1, 0.15) is 22.4 Å². The van der Waals surface area contributed by atoms with Crippen LogP contribution in [0.15, 0.2) is 54.9 Å². The summed E-state index contributed by atoms with van der Waals surface area (Å²) in [5.41, 5.74) is 7.15. The number of hydrogen-bond donors (Lipinski definition) is 1. The lowest BCUT2D eigenvalue weighted by Gasteiger charge is -2.11. The molecule has 0 bridgehead atoms. The van der Waals surface area contributed by atoms with Crippen LogP contribution < -0.4 is 5.32 Å². The predicted molar refractivity (Wildman–Crippen MR) is 95.4 cm³/mol. The van der Waals surface area contributed by atoms with Gasteiger partial charge in [0, 0.05) is 24.6 Å². The van der Waals surface area contributed by atoms with E-state index in [0.717, 1.165) is 18.1 Å². The van der Waals surface area contributed by atoms with Gasteiger partial charge in [0.15, 0.2) is 0 Å². The van der Waals surface area contributed by atoms with Gasteiger partial charge in [0.2, 0.25) is 0 Å². The average Bonchev–Trinajstić information content (AvgIpc) is 2.57. The molecule has 0 unspecified atom stereocenters. The molecule has 0 aliphatic heterocycles. The first-order valence-corrected chi connectivity index (χ1v) is 7.81. The molecular weight excluding hydrogens is 282 g/mol. The Morgan fingerprint density at radius 2 is 1.57 bits per heavy atom. The number of nitrogens with zero attached hydrogens (tertiary/aromatic N) is 2. The summed E-state index contributed by atoms with van der Waals surface area (Å²) < 4.78 is 0. The molecule has 2 aromatic heterocycles. The van der Waals surface area contributed by atoms with Crippen molar-refractivity contribution in [3.05, 3.63) is 77.2 Å². The third kappa shape index (κ3) is 3.57.